The van der Waals surface area contributed by atoms with E-state index >= 15 is 0 Å². The molecule has 19 heavy (non-hydrogen) atoms. The molecule has 0 spiro atoms. The highest BCUT2D eigenvalue weighted by Gasteiger charge is 2.19. The molecule has 4 heteroatoms. The van der Waals surface area contributed by atoms with Crippen LogP contribution in [-0.4, -0.2) is 42.1 Å². The van der Waals surface area contributed by atoms with Crippen molar-refractivity contribution in [1.82, 2.24) is 20.2 Å². The first-order chi connectivity index (χ1) is 9.20. The molecule has 0 fully saturated rings. The van der Waals surface area contributed by atoms with E-state index in [4.69, 9.17) is 4.98 Å². The number of nitrogens with zero attached hydrogens (tertiary/aromatic N) is 3. The molecule has 1 aliphatic carbocycles. The first-order valence-electron chi connectivity index (χ1n) is 7.43. The van der Waals surface area contributed by atoms with Crippen LogP contribution in [0.1, 0.15) is 49.3 Å². The highest BCUT2D eigenvalue weighted by Crippen LogP contribution is 2.26. The topological polar surface area (TPSA) is 41.1 Å². The molecule has 4 nitrogen and oxygen atoms in total. The smallest absolute Gasteiger partial charge is 0.129 e. The highest BCUT2D eigenvalue weighted by atomic mass is 15.1. The van der Waals surface area contributed by atoms with Crippen molar-refractivity contribution in [3.63, 3.8) is 0 Å². The van der Waals surface area contributed by atoms with Crippen LogP contribution < -0.4 is 5.32 Å². The predicted octanol–water partition coefficient (Wildman–Crippen LogP) is 1.96. The Balaban J connectivity index is 2.15. The molecule has 1 aliphatic rings. The number of likely N-dealkylation sites (N-methyl/N-ethyl adjacent to an activating group) is 1. The SMILES string of the molecule is CCNC1CCCCc2nc(CCN(C)C)ncc21. The Labute approximate surface area is 116 Å². The molecule has 0 saturated heterocycles. The van der Waals surface area contributed by atoms with E-state index in [1.54, 1.807) is 0 Å². The highest BCUT2D eigenvalue weighted by molar-refractivity contribution is 5.23. The fraction of sp³-hybridized carbons (Fsp3) is 0.733. The summed E-state index contributed by atoms with van der Waals surface area (Å²) in [6.45, 7) is 4.18. The monoisotopic (exact) mass is 262 g/mol. The van der Waals surface area contributed by atoms with Crippen LogP contribution in [0.15, 0.2) is 6.20 Å². The Bertz CT molecular complexity index is 403. The Morgan fingerprint density at radius 1 is 1.37 bits per heavy atom. The van der Waals surface area contributed by atoms with E-state index in [-0.39, 0.29) is 0 Å². The molecule has 2 rings (SSSR count). The number of hydrogen-bond acceptors (Lipinski definition) is 4. The number of nitrogens with one attached hydrogen (secondary N) is 1. The number of hydrogen-bond donors (Lipinski definition) is 1. The van der Waals surface area contributed by atoms with Gasteiger partial charge in [0, 0.05) is 36.5 Å². The average molecular weight is 262 g/mol. The summed E-state index contributed by atoms with van der Waals surface area (Å²) >= 11 is 0. The molecule has 0 radical (unpaired) electrons. The van der Waals surface area contributed by atoms with Crippen molar-refractivity contribution in [3.8, 4) is 0 Å². The zero-order chi connectivity index (χ0) is 13.7. The minimum atomic E-state index is 0.449. The summed E-state index contributed by atoms with van der Waals surface area (Å²) in [7, 11) is 4.18. The van der Waals surface area contributed by atoms with Crippen LogP contribution in [0, 0.1) is 0 Å². The predicted molar refractivity (Wildman–Crippen MR) is 78.3 cm³/mol. The number of aromatic nitrogens is 2. The molecule has 0 saturated carbocycles. The lowest BCUT2D eigenvalue weighted by Gasteiger charge is -2.18. The maximum Gasteiger partial charge on any atom is 0.129 e. The van der Waals surface area contributed by atoms with Crippen LogP contribution in [0.5, 0.6) is 0 Å². The van der Waals surface area contributed by atoms with Gasteiger partial charge in [0.15, 0.2) is 0 Å². The Hall–Kier alpha value is -1.00. The van der Waals surface area contributed by atoms with E-state index in [0.29, 0.717) is 6.04 Å². The molecule has 1 heterocycles. The quantitative estimate of drug-likeness (QED) is 0.824. The van der Waals surface area contributed by atoms with Gasteiger partial charge in [-0.15, -0.1) is 0 Å². The van der Waals surface area contributed by atoms with Gasteiger partial charge in [-0.05, 0) is 39.9 Å². The summed E-state index contributed by atoms with van der Waals surface area (Å²) in [5, 5.41) is 3.56. The Morgan fingerprint density at radius 2 is 2.21 bits per heavy atom. The van der Waals surface area contributed by atoms with Gasteiger partial charge in [-0.1, -0.05) is 13.3 Å². The maximum absolute atomic E-state index is 4.80. The molecule has 1 aromatic rings. The third kappa shape index (κ3) is 3.98. The van der Waals surface area contributed by atoms with Gasteiger partial charge in [-0.3, -0.25) is 0 Å². The van der Waals surface area contributed by atoms with Crippen molar-refractivity contribution >= 4 is 0 Å². The van der Waals surface area contributed by atoms with Crippen molar-refractivity contribution in [1.29, 1.82) is 0 Å². The number of fused-ring (bicyclic) bond motifs is 1. The van der Waals surface area contributed by atoms with Gasteiger partial charge in [0.2, 0.25) is 0 Å². The van der Waals surface area contributed by atoms with Gasteiger partial charge in [0.1, 0.15) is 5.82 Å². The summed E-state index contributed by atoms with van der Waals surface area (Å²) in [4.78, 5) is 11.5. The summed E-state index contributed by atoms with van der Waals surface area (Å²) in [6.07, 6.45) is 7.84. The molecule has 0 aliphatic heterocycles. The fourth-order valence-electron chi connectivity index (χ4n) is 2.66. The van der Waals surface area contributed by atoms with Crippen molar-refractivity contribution in [2.45, 2.75) is 45.1 Å². The van der Waals surface area contributed by atoms with Gasteiger partial charge >= 0.3 is 0 Å². The Morgan fingerprint density at radius 3 is 2.95 bits per heavy atom. The van der Waals surface area contributed by atoms with Crippen molar-refractivity contribution < 1.29 is 0 Å². The molecule has 106 valence electrons. The zero-order valence-corrected chi connectivity index (χ0v) is 12.4. The van der Waals surface area contributed by atoms with Crippen molar-refractivity contribution in [2.24, 2.45) is 0 Å². The molecule has 1 aromatic heterocycles. The minimum Gasteiger partial charge on any atom is -0.310 e. The largest absolute Gasteiger partial charge is 0.310 e. The summed E-state index contributed by atoms with van der Waals surface area (Å²) in [5.41, 5.74) is 2.60. The first-order valence-corrected chi connectivity index (χ1v) is 7.43. The van der Waals surface area contributed by atoms with E-state index in [0.717, 1.165) is 31.8 Å². The minimum absolute atomic E-state index is 0.449. The molecular weight excluding hydrogens is 236 g/mol. The molecule has 1 N–H and O–H groups in total. The second-order valence-corrected chi connectivity index (χ2v) is 5.60. The number of aryl methyl sites for hydroxylation is 1. The normalized spacial score (nSPS) is 19.3. The third-order valence-electron chi connectivity index (χ3n) is 3.71. The van der Waals surface area contributed by atoms with Gasteiger partial charge in [0.25, 0.3) is 0 Å². The van der Waals surface area contributed by atoms with Crippen LogP contribution in [0.3, 0.4) is 0 Å². The van der Waals surface area contributed by atoms with Gasteiger partial charge in [0.05, 0.1) is 0 Å². The number of rotatable bonds is 5. The summed E-state index contributed by atoms with van der Waals surface area (Å²) in [6, 6.07) is 0.449. The molecular formula is C15H26N4. The first kappa shape index (κ1) is 14.4. The maximum atomic E-state index is 4.80. The van der Waals surface area contributed by atoms with Crippen molar-refractivity contribution in [3.05, 3.63) is 23.3 Å². The van der Waals surface area contributed by atoms with E-state index < -0.39 is 0 Å². The molecule has 0 amide bonds. The van der Waals surface area contributed by atoms with Gasteiger partial charge in [-0.25, -0.2) is 9.97 Å². The second kappa shape index (κ2) is 6.96. The standard InChI is InChI=1S/C15H26N4/c1-4-16-13-7-5-6-8-14-12(13)11-17-15(18-14)9-10-19(2)3/h11,13,16H,4-10H2,1-3H3. The lowest BCUT2D eigenvalue weighted by Crippen LogP contribution is -2.22. The lowest BCUT2D eigenvalue weighted by molar-refractivity contribution is 0.409. The van der Waals surface area contributed by atoms with Crippen LogP contribution in [0.4, 0.5) is 0 Å². The Kier molecular flexibility index (Phi) is 5.28. The lowest BCUT2D eigenvalue weighted by atomic mass is 10.0. The van der Waals surface area contributed by atoms with E-state index in [2.05, 4.69) is 42.4 Å². The molecule has 0 bridgehead atoms. The molecule has 1 unspecified atom stereocenters. The van der Waals surface area contributed by atoms with E-state index in [1.165, 1.54) is 30.5 Å². The zero-order valence-electron chi connectivity index (χ0n) is 12.4. The van der Waals surface area contributed by atoms with Crippen LogP contribution >= 0.6 is 0 Å². The third-order valence-corrected chi connectivity index (χ3v) is 3.71. The summed E-state index contributed by atoms with van der Waals surface area (Å²) in [5.74, 6) is 0.990. The van der Waals surface area contributed by atoms with E-state index in [9.17, 15) is 0 Å². The van der Waals surface area contributed by atoms with Crippen LogP contribution in [0.25, 0.3) is 0 Å². The summed E-state index contributed by atoms with van der Waals surface area (Å²) < 4.78 is 0. The van der Waals surface area contributed by atoms with Gasteiger partial charge in [-0.2, -0.15) is 0 Å². The fourth-order valence-corrected chi connectivity index (χ4v) is 2.66. The van der Waals surface area contributed by atoms with Crippen LogP contribution in [0.2, 0.25) is 0 Å². The molecule has 1 atom stereocenters. The van der Waals surface area contributed by atoms with E-state index in [1.807, 2.05) is 0 Å². The van der Waals surface area contributed by atoms with Crippen LogP contribution in [-0.2, 0) is 12.8 Å². The van der Waals surface area contributed by atoms with Gasteiger partial charge < -0.3 is 10.2 Å². The molecule has 0 aromatic carbocycles. The second-order valence-electron chi connectivity index (χ2n) is 5.60. The average Bonchev–Trinajstić information content (AvgIpc) is 2.59. The van der Waals surface area contributed by atoms with Crippen molar-refractivity contribution in [2.75, 3.05) is 27.2 Å².